The minimum Gasteiger partial charge on any atom is -0.495 e. The highest BCUT2D eigenvalue weighted by molar-refractivity contribution is 8.76. The maximum Gasteiger partial charge on any atom is 0.407 e. The summed E-state index contributed by atoms with van der Waals surface area (Å²) in [6.07, 6.45) is 7.36. The molecule has 4 heterocycles. The van der Waals surface area contributed by atoms with E-state index in [1.54, 1.807) is 35.7 Å². The molecule has 1 aromatic carbocycles. The Bertz CT molecular complexity index is 1470. The number of rotatable bonds is 7. The molecule has 11 nitrogen and oxygen atoms in total. The van der Waals surface area contributed by atoms with Gasteiger partial charge < -0.3 is 38.6 Å². The van der Waals surface area contributed by atoms with Gasteiger partial charge in [0.25, 0.3) is 0 Å². The van der Waals surface area contributed by atoms with E-state index < -0.39 is 48.0 Å². The lowest BCUT2D eigenvalue weighted by atomic mass is 9.84. The Labute approximate surface area is 307 Å². The normalized spacial score (nSPS) is 35.1. The first kappa shape index (κ1) is 38.8. The second kappa shape index (κ2) is 16.9. The van der Waals surface area contributed by atoms with Gasteiger partial charge in [-0.3, -0.25) is 9.59 Å². The number of carbonyl (C=O) groups excluding carboxylic acids is 3. The molecule has 0 aliphatic carbocycles. The number of benzene rings is 1. The van der Waals surface area contributed by atoms with Gasteiger partial charge in [-0.25, -0.2) is 4.79 Å². The van der Waals surface area contributed by atoms with Crippen molar-refractivity contribution in [3.8, 4) is 5.75 Å². The molecule has 3 saturated heterocycles. The molecule has 50 heavy (non-hydrogen) atoms. The van der Waals surface area contributed by atoms with Crippen molar-refractivity contribution in [1.82, 2.24) is 5.32 Å². The van der Waals surface area contributed by atoms with E-state index in [-0.39, 0.29) is 37.0 Å². The fraction of sp³-hybridized carbons (Fsp3) is 0.639. The first-order valence-electron chi connectivity index (χ1n) is 17.0. The molecule has 1 aromatic rings. The molecule has 0 spiro atoms. The van der Waals surface area contributed by atoms with Crippen LogP contribution in [0.15, 0.2) is 35.9 Å². The molecule has 4 aliphatic rings. The van der Waals surface area contributed by atoms with Gasteiger partial charge in [0.05, 0.1) is 56.1 Å². The Morgan fingerprint density at radius 3 is 2.68 bits per heavy atom. The summed E-state index contributed by atoms with van der Waals surface area (Å²) < 4.78 is 35.7. The number of carbonyl (C=O) groups is 3. The van der Waals surface area contributed by atoms with Crippen LogP contribution in [-0.4, -0.2) is 100 Å². The molecule has 0 radical (unpaired) electrons. The Morgan fingerprint density at radius 2 is 2.00 bits per heavy atom. The number of methoxy groups -OCH3 is 2. The smallest absolute Gasteiger partial charge is 0.407 e. The summed E-state index contributed by atoms with van der Waals surface area (Å²) in [7, 11) is 8.22. The van der Waals surface area contributed by atoms with Crippen molar-refractivity contribution in [3.05, 3.63) is 46.5 Å². The van der Waals surface area contributed by atoms with Crippen molar-refractivity contribution in [3.63, 3.8) is 0 Å². The average molecular weight is 753 g/mol. The number of amides is 2. The second-order valence-corrected chi connectivity index (χ2v) is 16.7. The predicted octanol–water partition coefficient (Wildman–Crippen LogP) is 6.15. The summed E-state index contributed by atoms with van der Waals surface area (Å²) in [5.74, 6) is -0.176. The lowest BCUT2D eigenvalue weighted by molar-refractivity contribution is -0.164. The average Bonchev–Trinajstić information content (AvgIpc) is 3.80. The SMILES string of the molecule is COc1cc2cc(c1Cl)N(C)C(=O)C[C@H](OC(=O)C1CCC(CSSC)OC1)C1(C)OC1[C@H](C)C1CC(NC(=O)O1)[C@H](OC)/C=C/C=C(\C)C2. The number of hydrogen-bond donors (Lipinski definition) is 1. The third-order valence-electron chi connectivity index (χ3n) is 10.2. The quantitative estimate of drug-likeness (QED) is 0.196. The first-order valence-corrected chi connectivity index (χ1v) is 20.1. The van der Waals surface area contributed by atoms with E-state index in [0.29, 0.717) is 35.7 Å². The number of fused-ring (bicyclic) bond motifs is 5. The summed E-state index contributed by atoms with van der Waals surface area (Å²) in [5.41, 5.74) is 1.40. The van der Waals surface area contributed by atoms with Crippen molar-refractivity contribution in [2.24, 2.45) is 11.8 Å². The number of halogens is 1. The lowest BCUT2D eigenvalue weighted by Gasteiger charge is -2.36. The van der Waals surface area contributed by atoms with Crippen LogP contribution >= 0.6 is 33.2 Å². The minimum absolute atomic E-state index is 0.0863. The van der Waals surface area contributed by atoms with Gasteiger partial charge in [-0.05, 0) is 57.1 Å². The van der Waals surface area contributed by atoms with E-state index in [9.17, 15) is 14.4 Å². The molecule has 2 amide bonds. The first-order chi connectivity index (χ1) is 23.9. The molecule has 9 atom stereocenters. The molecule has 0 saturated carbocycles. The maximum absolute atomic E-state index is 14.1. The van der Waals surface area contributed by atoms with Crippen molar-refractivity contribution >= 4 is 56.8 Å². The number of hydrogen-bond acceptors (Lipinski definition) is 11. The number of nitrogens with zero attached hydrogens (tertiary/aromatic N) is 1. The number of esters is 1. The Kier molecular flexibility index (Phi) is 13.1. The number of nitrogens with one attached hydrogen (secondary N) is 1. The highest BCUT2D eigenvalue weighted by Gasteiger charge is 2.64. The largest absolute Gasteiger partial charge is 0.495 e. The van der Waals surface area contributed by atoms with E-state index in [4.69, 9.17) is 40.0 Å². The van der Waals surface area contributed by atoms with Gasteiger partial charge >= 0.3 is 12.1 Å². The van der Waals surface area contributed by atoms with Crippen LogP contribution in [0.3, 0.4) is 0 Å². The lowest BCUT2D eigenvalue weighted by Crippen LogP contribution is -2.53. The van der Waals surface area contributed by atoms with Crippen molar-refractivity contribution < 1.29 is 42.8 Å². The Hall–Kier alpha value is -2.42. The standard InChI is InChI=1S/C36H49ClN2O9S2/c1-20-9-8-10-27(43-5)25-16-28(46-35(42)38-25)21(2)33-36(3,48-33)30(47-34(41)23-11-12-24(45-18-23)19-50-49-7)17-31(40)39(4)26-14-22(13-20)15-29(44-6)32(26)37/h8-10,14-15,21,23-25,27-28,30,33H,11-13,16-19H2,1-7H3,(H,38,42)/b10-8+,20-9+/t21-,23?,24?,25?,27-,28?,30+,33?,36?/m1/s1. The number of anilines is 1. The van der Waals surface area contributed by atoms with Crippen LogP contribution in [0.2, 0.25) is 5.02 Å². The summed E-state index contributed by atoms with van der Waals surface area (Å²) >= 11 is 6.78. The van der Waals surface area contributed by atoms with Crippen molar-refractivity contribution in [1.29, 1.82) is 0 Å². The van der Waals surface area contributed by atoms with Crippen LogP contribution in [0.4, 0.5) is 10.5 Å². The number of epoxide rings is 1. The third kappa shape index (κ3) is 8.95. The molecule has 0 aromatic heterocycles. The van der Waals surface area contributed by atoms with Crippen molar-refractivity contribution in [2.45, 2.75) is 95.0 Å². The third-order valence-corrected chi connectivity index (χ3v) is 12.4. The van der Waals surface area contributed by atoms with Gasteiger partial charge in [0.15, 0.2) is 0 Å². The highest BCUT2D eigenvalue weighted by atomic mass is 35.5. The topological polar surface area (TPSA) is 125 Å². The molecule has 4 bridgehead atoms. The molecule has 6 unspecified atom stereocenters. The number of alkyl carbamates (subject to hydrolysis) is 1. The number of allylic oxidation sites excluding steroid dienone is 3. The predicted molar refractivity (Wildman–Crippen MR) is 196 cm³/mol. The van der Waals surface area contributed by atoms with E-state index >= 15 is 0 Å². The molecule has 1 N–H and O–H groups in total. The van der Waals surface area contributed by atoms with Gasteiger partial charge in [-0.1, -0.05) is 63.9 Å². The fourth-order valence-electron chi connectivity index (χ4n) is 7.06. The fourth-order valence-corrected chi connectivity index (χ4v) is 8.78. The zero-order chi connectivity index (χ0) is 36.2. The van der Waals surface area contributed by atoms with Gasteiger partial charge in [0, 0.05) is 32.2 Å². The van der Waals surface area contributed by atoms with E-state index in [1.807, 2.05) is 57.4 Å². The van der Waals surface area contributed by atoms with Gasteiger partial charge in [0.1, 0.15) is 28.6 Å². The van der Waals surface area contributed by atoms with Gasteiger partial charge in [-0.2, -0.15) is 0 Å². The monoisotopic (exact) mass is 752 g/mol. The summed E-state index contributed by atoms with van der Waals surface area (Å²) in [6, 6.07) is 3.38. The molecule has 5 rings (SSSR count). The maximum atomic E-state index is 14.1. The minimum atomic E-state index is -1.01. The zero-order valence-corrected chi connectivity index (χ0v) is 32.2. The van der Waals surface area contributed by atoms with E-state index in [2.05, 4.69) is 5.32 Å². The molecule has 14 heteroatoms. The van der Waals surface area contributed by atoms with Crippen LogP contribution < -0.4 is 15.0 Å². The Morgan fingerprint density at radius 1 is 1.22 bits per heavy atom. The van der Waals surface area contributed by atoms with E-state index in [1.165, 1.54) is 12.0 Å². The van der Waals surface area contributed by atoms with Crippen molar-refractivity contribution in [2.75, 3.05) is 44.8 Å². The van der Waals surface area contributed by atoms with Gasteiger partial charge in [0.2, 0.25) is 5.91 Å². The van der Waals surface area contributed by atoms with Crippen LogP contribution in [0.5, 0.6) is 5.75 Å². The van der Waals surface area contributed by atoms with Gasteiger partial charge in [-0.15, -0.1) is 0 Å². The molecule has 3 fully saturated rings. The van der Waals surface area contributed by atoms with Crippen LogP contribution in [0.25, 0.3) is 0 Å². The van der Waals surface area contributed by atoms with E-state index in [0.717, 1.165) is 23.3 Å². The summed E-state index contributed by atoms with van der Waals surface area (Å²) in [6.45, 7) is 6.06. The number of ether oxygens (including phenoxy) is 6. The molecular formula is C36H49ClN2O9S2. The van der Waals surface area contributed by atoms with Crippen LogP contribution in [0.1, 0.15) is 52.0 Å². The van der Waals surface area contributed by atoms with Crippen LogP contribution in [0, 0.1) is 11.8 Å². The molecule has 4 aliphatic heterocycles. The second-order valence-electron chi connectivity index (χ2n) is 13.7. The highest BCUT2D eigenvalue weighted by Crippen LogP contribution is 2.49. The zero-order valence-electron chi connectivity index (χ0n) is 29.8. The Balaban J connectivity index is 1.47. The molecular weight excluding hydrogens is 704 g/mol. The summed E-state index contributed by atoms with van der Waals surface area (Å²) in [4.78, 5) is 42.1. The van der Waals surface area contributed by atoms with Crippen LogP contribution in [-0.2, 0) is 39.7 Å². The summed E-state index contributed by atoms with van der Waals surface area (Å²) in [5, 5.41) is 3.20. The molecule has 276 valence electrons.